The van der Waals surface area contributed by atoms with E-state index in [0.29, 0.717) is 58.5 Å². The highest BCUT2D eigenvalue weighted by atomic mass is 35.5. The Kier molecular flexibility index (Phi) is 9.81. The smallest absolute Gasteiger partial charge is 0.289 e. The fourth-order valence-electron chi connectivity index (χ4n) is 7.15. The van der Waals surface area contributed by atoms with Gasteiger partial charge in [0.15, 0.2) is 0 Å². The normalized spacial score (nSPS) is 24.0. The molecule has 11 heteroatoms. The predicted octanol–water partition coefficient (Wildman–Crippen LogP) is 5.08. The minimum atomic E-state index is -1.14. The number of benzene rings is 1. The van der Waals surface area contributed by atoms with Crippen LogP contribution in [0.1, 0.15) is 82.1 Å². The Morgan fingerprint density at radius 1 is 1.07 bits per heavy atom. The van der Waals surface area contributed by atoms with Gasteiger partial charge >= 0.3 is 0 Å². The Hall–Kier alpha value is -2.91. The molecule has 3 aliphatic rings. The number of nitrogens with zero attached hydrogens (tertiary/aromatic N) is 1. The molecule has 1 saturated heterocycles. The fraction of sp³-hybridized carbons (Fsp3) is 0.594. The van der Waals surface area contributed by atoms with Gasteiger partial charge in [0.2, 0.25) is 11.7 Å². The van der Waals surface area contributed by atoms with Gasteiger partial charge in [-0.2, -0.15) is 0 Å². The highest BCUT2D eigenvalue weighted by Gasteiger charge is 2.50. The lowest BCUT2D eigenvalue weighted by molar-refractivity contribution is -0.141. The van der Waals surface area contributed by atoms with Crippen molar-refractivity contribution in [2.24, 2.45) is 23.7 Å². The molecule has 1 aromatic heterocycles. The number of fused-ring (bicyclic) bond motifs is 2. The van der Waals surface area contributed by atoms with E-state index in [1.165, 1.54) is 0 Å². The lowest BCUT2D eigenvalue weighted by atomic mass is 9.91. The second-order valence-corrected chi connectivity index (χ2v) is 13.6. The zero-order valence-corrected chi connectivity index (χ0v) is 26.2. The number of aromatic amines is 1. The van der Waals surface area contributed by atoms with Gasteiger partial charge in [-0.25, -0.2) is 0 Å². The number of H-pyrrole nitrogens is 1. The molecule has 2 aromatic rings. The molecule has 3 fully saturated rings. The van der Waals surface area contributed by atoms with E-state index >= 15 is 0 Å². The predicted molar refractivity (Wildman–Crippen MR) is 165 cm³/mol. The molecule has 5 rings (SSSR count). The summed E-state index contributed by atoms with van der Waals surface area (Å²) >= 11 is 12.5. The molecule has 43 heavy (non-hydrogen) atoms. The minimum absolute atomic E-state index is 0.0514. The Morgan fingerprint density at radius 3 is 2.58 bits per heavy atom. The number of carbonyl (C=O) groups excluding carboxylic acids is 5. The van der Waals surface area contributed by atoms with E-state index < -0.39 is 29.7 Å². The zero-order valence-electron chi connectivity index (χ0n) is 24.7. The van der Waals surface area contributed by atoms with Crippen LogP contribution in [0.2, 0.25) is 10.0 Å². The Morgan fingerprint density at radius 2 is 1.86 bits per heavy atom. The summed E-state index contributed by atoms with van der Waals surface area (Å²) in [7, 11) is 0. The summed E-state index contributed by atoms with van der Waals surface area (Å²) in [6, 6.07) is 3.03. The van der Waals surface area contributed by atoms with Crippen molar-refractivity contribution in [2.75, 3.05) is 13.1 Å². The average Bonchev–Trinajstić information content (AvgIpc) is 3.74. The van der Waals surface area contributed by atoms with E-state index in [9.17, 15) is 24.0 Å². The second kappa shape index (κ2) is 13.4. The number of hydrogen-bond acceptors (Lipinski definition) is 5. The van der Waals surface area contributed by atoms with Gasteiger partial charge in [-0.1, -0.05) is 43.5 Å². The molecule has 3 amide bonds. The number of aromatic nitrogens is 1. The van der Waals surface area contributed by atoms with Crippen molar-refractivity contribution in [3.05, 3.63) is 33.9 Å². The number of halogens is 2. The average molecular weight is 632 g/mol. The SMILES string of the molecule is CC(C)CCCNC(=O)C(=O)[C@H](C[C@@H]1CCCC1=O)NC(=O)[C@@H]1[C@H]2CCC[C@H]2CN1C(=O)c1cc2c(Cl)cc(Cl)cc2[nH]1. The van der Waals surface area contributed by atoms with Crippen LogP contribution < -0.4 is 10.6 Å². The van der Waals surface area contributed by atoms with E-state index in [1.807, 2.05) is 0 Å². The third kappa shape index (κ3) is 6.93. The van der Waals surface area contributed by atoms with Crippen LogP contribution in [0, 0.1) is 23.7 Å². The first-order chi connectivity index (χ1) is 20.5. The Labute approximate surface area is 261 Å². The Bertz CT molecular complexity index is 1420. The number of carbonyl (C=O) groups is 5. The van der Waals surface area contributed by atoms with Crippen LogP contribution in [-0.2, 0) is 19.2 Å². The van der Waals surface area contributed by atoms with Crippen molar-refractivity contribution in [3.8, 4) is 0 Å². The van der Waals surface area contributed by atoms with E-state index in [1.54, 1.807) is 23.1 Å². The maximum atomic E-state index is 14.0. The highest BCUT2D eigenvalue weighted by Crippen LogP contribution is 2.43. The third-order valence-electron chi connectivity index (χ3n) is 9.35. The Balaban J connectivity index is 1.36. The lowest BCUT2D eigenvalue weighted by Crippen LogP contribution is -2.55. The van der Waals surface area contributed by atoms with Crippen molar-refractivity contribution in [1.29, 1.82) is 0 Å². The number of Topliss-reactive ketones (excluding diaryl/α,β-unsaturated/α-hetero) is 2. The van der Waals surface area contributed by atoms with Crippen LogP contribution in [0.5, 0.6) is 0 Å². The number of likely N-dealkylation sites (tertiary alicyclic amines) is 1. The van der Waals surface area contributed by atoms with Crippen LogP contribution in [-0.4, -0.2) is 64.3 Å². The van der Waals surface area contributed by atoms with Gasteiger partial charge in [-0.05, 0) is 80.9 Å². The second-order valence-electron chi connectivity index (χ2n) is 12.8. The lowest BCUT2D eigenvalue weighted by Gasteiger charge is -2.29. The molecule has 0 unspecified atom stereocenters. The number of amides is 3. The van der Waals surface area contributed by atoms with Gasteiger partial charge in [0.1, 0.15) is 17.5 Å². The molecule has 5 atom stereocenters. The number of hydrogen-bond donors (Lipinski definition) is 3. The van der Waals surface area contributed by atoms with Crippen LogP contribution >= 0.6 is 23.2 Å². The highest BCUT2D eigenvalue weighted by molar-refractivity contribution is 6.39. The first-order valence-electron chi connectivity index (χ1n) is 15.5. The van der Waals surface area contributed by atoms with Gasteiger partial charge in [0, 0.05) is 41.4 Å². The molecule has 2 heterocycles. The quantitative estimate of drug-likeness (QED) is 0.236. The number of rotatable bonds is 11. The van der Waals surface area contributed by atoms with Crippen LogP contribution in [0.15, 0.2) is 18.2 Å². The van der Waals surface area contributed by atoms with E-state index in [4.69, 9.17) is 23.2 Å². The first-order valence-corrected chi connectivity index (χ1v) is 16.2. The number of nitrogens with one attached hydrogen (secondary N) is 3. The molecule has 0 radical (unpaired) electrons. The minimum Gasteiger partial charge on any atom is -0.350 e. The summed E-state index contributed by atoms with van der Waals surface area (Å²) in [6.07, 6.45) is 6.18. The van der Waals surface area contributed by atoms with Gasteiger partial charge in [0.05, 0.1) is 11.1 Å². The van der Waals surface area contributed by atoms with Crippen molar-refractivity contribution < 1.29 is 24.0 Å². The topological polar surface area (TPSA) is 128 Å². The summed E-state index contributed by atoms with van der Waals surface area (Å²) in [5.74, 6) is -2.06. The van der Waals surface area contributed by atoms with Crippen LogP contribution in [0.3, 0.4) is 0 Å². The van der Waals surface area contributed by atoms with E-state index in [2.05, 4.69) is 29.5 Å². The monoisotopic (exact) mass is 630 g/mol. The molecule has 0 spiro atoms. The summed E-state index contributed by atoms with van der Waals surface area (Å²) < 4.78 is 0. The molecular weight excluding hydrogens is 591 g/mol. The van der Waals surface area contributed by atoms with Crippen molar-refractivity contribution >= 4 is 63.4 Å². The number of ketones is 2. The van der Waals surface area contributed by atoms with Crippen LogP contribution in [0.25, 0.3) is 10.9 Å². The fourth-order valence-corrected chi connectivity index (χ4v) is 7.70. The maximum absolute atomic E-state index is 14.0. The molecule has 2 saturated carbocycles. The van der Waals surface area contributed by atoms with Gasteiger partial charge in [-0.3, -0.25) is 24.0 Å². The van der Waals surface area contributed by atoms with Gasteiger partial charge in [-0.15, -0.1) is 0 Å². The maximum Gasteiger partial charge on any atom is 0.289 e. The molecule has 3 N–H and O–H groups in total. The van der Waals surface area contributed by atoms with Gasteiger partial charge in [0.25, 0.3) is 11.8 Å². The zero-order chi connectivity index (χ0) is 30.8. The van der Waals surface area contributed by atoms with Crippen molar-refractivity contribution in [2.45, 2.75) is 83.7 Å². The molecule has 1 aromatic carbocycles. The van der Waals surface area contributed by atoms with Crippen LogP contribution in [0.4, 0.5) is 0 Å². The van der Waals surface area contributed by atoms with Gasteiger partial charge < -0.3 is 20.5 Å². The molecular formula is C32H40Cl2N4O5. The molecule has 0 bridgehead atoms. The summed E-state index contributed by atoms with van der Waals surface area (Å²) in [5.41, 5.74) is 0.912. The summed E-state index contributed by atoms with van der Waals surface area (Å²) in [5, 5.41) is 7.04. The van der Waals surface area contributed by atoms with Crippen molar-refractivity contribution in [3.63, 3.8) is 0 Å². The summed E-state index contributed by atoms with van der Waals surface area (Å²) in [6.45, 7) is 4.96. The molecule has 1 aliphatic heterocycles. The molecule has 2 aliphatic carbocycles. The van der Waals surface area contributed by atoms with E-state index in [0.717, 1.165) is 38.5 Å². The largest absolute Gasteiger partial charge is 0.350 e. The van der Waals surface area contributed by atoms with Crippen molar-refractivity contribution in [1.82, 2.24) is 20.5 Å². The standard InChI is InChI=1S/C32H40Cl2N4O5/c1-17(2)6-5-11-35-31(42)29(40)25(12-18-7-4-10-27(18)39)37-30(41)28-21-9-3-8-19(21)16-38(28)32(43)26-15-22-23(34)13-20(33)14-24(22)36-26/h13-15,17-19,21,25,28,36H,3-12,16H2,1-2H3,(H,35,42)(H,37,41)/t18-,19-,21-,25-,28-/m0/s1. The molecule has 9 nitrogen and oxygen atoms in total. The van der Waals surface area contributed by atoms with E-state index in [-0.39, 0.29) is 35.9 Å². The first kappa shape index (κ1) is 31.5. The molecule has 232 valence electrons. The summed E-state index contributed by atoms with van der Waals surface area (Å²) in [4.78, 5) is 71.3. The third-order valence-corrected chi connectivity index (χ3v) is 9.89.